The lowest BCUT2D eigenvalue weighted by atomic mass is 10.2. The van der Waals surface area contributed by atoms with E-state index in [1.165, 1.54) is 11.8 Å². The van der Waals surface area contributed by atoms with Crippen LogP contribution < -0.4 is 0 Å². The summed E-state index contributed by atoms with van der Waals surface area (Å²) in [5.74, 6) is 1.00. The molecule has 3 aromatic rings. The fourth-order valence-electron chi connectivity index (χ4n) is 2.24. The Bertz CT molecular complexity index is 779. The maximum absolute atomic E-state index is 11.6. The highest BCUT2D eigenvalue weighted by Gasteiger charge is 2.18. The highest BCUT2D eigenvalue weighted by Crippen LogP contribution is 2.29. The van der Waals surface area contributed by atoms with Gasteiger partial charge in [-0.25, -0.2) is 4.98 Å². The molecule has 2 aromatic heterocycles. The average molecular weight is 326 g/mol. The van der Waals surface area contributed by atoms with Crippen molar-refractivity contribution < 1.29 is 9.21 Å². The first-order valence-electron chi connectivity index (χ1n) is 7.45. The number of aromatic nitrogens is 2. The third-order valence-corrected chi connectivity index (χ3v) is 4.86. The van der Waals surface area contributed by atoms with Gasteiger partial charge in [0.05, 0.1) is 29.9 Å². The monoisotopic (exact) mass is 326 g/mol. The number of hydrogen-bond donors (Lipinski definition) is 0. The summed E-state index contributed by atoms with van der Waals surface area (Å²) < 4.78 is 7.58. The molecular weight excluding hydrogens is 308 g/mol. The zero-order valence-corrected chi connectivity index (χ0v) is 13.9. The SMILES string of the molecule is CC(=O)[C@@H](C)Sc1ncc(-c2ccccc2)n1Cc1ccco1. The molecular formula is C18H18N2O2S. The van der Waals surface area contributed by atoms with E-state index < -0.39 is 0 Å². The average Bonchev–Trinajstić information content (AvgIpc) is 3.19. The lowest BCUT2D eigenvalue weighted by molar-refractivity contribution is -0.116. The number of carbonyl (C=O) groups excluding carboxylic acids is 1. The Hall–Kier alpha value is -2.27. The second kappa shape index (κ2) is 6.87. The quantitative estimate of drug-likeness (QED) is 0.635. The van der Waals surface area contributed by atoms with Crippen LogP contribution >= 0.6 is 11.8 Å². The van der Waals surface area contributed by atoms with Crippen LogP contribution in [-0.4, -0.2) is 20.6 Å². The van der Waals surface area contributed by atoms with E-state index in [0.29, 0.717) is 6.54 Å². The molecule has 0 aliphatic heterocycles. The highest BCUT2D eigenvalue weighted by molar-refractivity contribution is 8.00. The van der Waals surface area contributed by atoms with Gasteiger partial charge in [0.2, 0.25) is 0 Å². The molecule has 5 heteroatoms. The molecule has 118 valence electrons. The molecule has 1 aromatic carbocycles. The van der Waals surface area contributed by atoms with Crippen LogP contribution in [0.1, 0.15) is 19.6 Å². The van der Waals surface area contributed by atoms with Crippen LogP contribution in [0.4, 0.5) is 0 Å². The minimum Gasteiger partial charge on any atom is -0.467 e. The first-order valence-corrected chi connectivity index (χ1v) is 8.33. The number of ketones is 1. The molecule has 3 rings (SSSR count). The first kappa shape index (κ1) is 15.6. The van der Waals surface area contributed by atoms with Gasteiger partial charge >= 0.3 is 0 Å². The number of hydrogen-bond acceptors (Lipinski definition) is 4. The van der Waals surface area contributed by atoms with Gasteiger partial charge in [-0.15, -0.1) is 0 Å². The van der Waals surface area contributed by atoms with Crippen LogP contribution in [0.2, 0.25) is 0 Å². The van der Waals surface area contributed by atoms with Gasteiger partial charge in [-0.05, 0) is 31.5 Å². The first-order chi connectivity index (χ1) is 11.1. The highest BCUT2D eigenvalue weighted by atomic mass is 32.2. The summed E-state index contributed by atoms with van der Waals surface area (Å²) in [5.41, 5.74) is 2.11. The number of rotatable bonds is 6. The summed E-state index contributed by atoms with van der Waals surface area (Å²) in [5, 5.41) is 0.694. The van der Waals surface area contributed by atoms with Crippen LogP contribution in [0.3, 0.4) is 0 Å². The zero-order chi connectivity index (χ0) is 16.2. The van der Waals surface area contributed by atoms with Gasteiger partial charge in [0.1, 0.15) is 11.5 Å². The van der Waals surface area contributed by atoms with Crippen molar-refractivity contribution >= 4 is 17.5 Å². The summed E-state index contributed by atoms with van der Waals surface area (Å²) in [6.45, 7) is 4.10. The molecule has 1 atom stereocenters. The fourth-order valence-corrected chi connectivity index (χ4v) is 3.13. The summed E-state index contributed by atoms with van der Waals surface area (Å²) in [7, 11) is 0. The molecule has 0 amide bonds. The number of benzene rings is 1. The van der Waals surface area contributed by atoms with Crippen molar-refractivity contribution in [2.24, 2.45) is 0 Å². The Kier molecular flexibility index (Phi) is 4.67. The Morgan fingerprint density at radius 1 is 1.26 bits per heavy atom. The smallest absolute Gasteiger partial charge is 0.169 e. The maximum Gasteiger partial charge on any atom is 0.169 e. The molecule has 0 N–H and O–H groups in total. The van der Waals surface area contributed by atoms with Crippen LogP contribution in [0.5, 0.6) is 0 Å². The molecule has 4 nitrogen and oxygen atoms in total. The third-order valence-electron chi connectivity index (χ3n) is 3.64. The van der Waals surface area contributed by atoms with Crippen molar-refractivity contribution in [2.45, 2.75) is 30.8 Å². The van der Waals surface area contributed by atoms with Crippen molar-refractivity contribution in [3.63, 3.8) is 0 Å². The molecule has 0 radical (unpaired) electrons. The summed E-state index contributed by atoms with van der Waals surface area (Å²) in [4.78, 5) is 16.1. The zero-order valence-electron chi connectivity index (χ0n) is 13.1. The van der Waals surface area contributed by atoms with Crippen molar-refractivity contribution in [3.8, 4) is 11.3 Å². The maximum atomic E-state index is 11.6. The van der Waals surface area contributed by atoms with E-state index in [4.69, 9.17) is 4.42 Å². The standard InChI is InChI=1S/C18H18N2O2S/c1-13(21)14(2)23-18-19-11-17(15-7-4-3-5-8-15)20(18)12-16-9-6-10-22-16/h3-11,14H,12H2,1-2H3/t14-/m1/s1. The number of nitrogens with zero attached hydrogens (tertiary/aromatic N) is 2. The lowest BCUT2D eigenvalue weighted by Gasteiger charge is -2.12. The van der Waals surface area contributed by atoms with Crippen LogP contribution in [-0.2, 0) is 11.3 Å². The van der Waals surface area contributed by atoms with Gasteiger partial charge in [0.15, 0.2) is 5.16 Å². The van der Waals surface area contributed by atoms with Crippen LogP contribution in [0.15, 0.2) is 64.5 Å². The second-order valence-electron chi connectivity index (χ2n) is 5.33. The summed E-state index contributed by atoms with van der Waals surface area (Å²) >= 11 is 1.48. The van der Waals surface area contributed by atoms with Gasteiger partial charge in [-0.2, -0.15) is 0 Å². The van der Waals surface area contributed by atoms with Crippen LogP contribution in [0.25, 0.3) is 11.3 Å². The van der Waals surface area contributed by atoms with E-state index in [0.717, 1.165) is 22.2 Å². The normalized spacial score (nSPS) is 12.3. The number of carbonyl (C=O) groups is 1. The molecule has 0 aliphatic rings. The molecule has 0 spiro atoms. The minimum atomic E-state index is -0.128. The molecule has 0 saturated carbocycles. The number of imidazole rings is 1. The van der Waals surface area contributed by atoms with Crippen molar-refractivity contribution in [1.29, 1.82) is 0 Å². The molecule has 0 saturated heterocycles. The molecule has 0 fully saturated rings. The topological polar surface area (TPSA) is 48.0 Å². The number of Topliss-reactive ketones (excluding diaryl/α,β-unsaturated/α-hetero) is 1. The summed E-state index contributed by atoms with van der Waals surface area (Å²) in [6.07, 6.45) is 3.52. The second-order valence-corrected chi connectivity index (χ2v) is 6.64. The van der Waals surface area contributed by atoms with Gasteiger partial charge < -0.3 is 8.98 Å². The molecule has 2 heterocycles. The van der Waals surface area contributed by atoms with E-state index in [-0.39, 0.29) is 11.0 Å². The Labute approximate surface area is 139 Å². The van der Waals surface area contributed by atoms with E-state index in [2.05, 4.69) is 21.7 Å². The van der Waals surface area contributed by atoms with E-state index in [1.54, 1.807) is 13.2 Å². The Morgan fingerprint density at radius 2 is 2.04 bits per heavy atom. The van der Waals surface area contributed by atoms with Gasteiger partial charge in [-0.1, -0.05) is 42.1 Å². The van der Waals surface area contributed by atoms with Gasteiger partial charge in [0.25, 0.3) is 0 Å². The third kappa shape index (κ3) is 3.56. The number of thioether (sulfide) groups is 1. The van der Waals surface area contributed by atoms with Gasteiger partial charge in [0, 0.05) is 0 Å². The van der Waals surface area contributed by atoms with Crippen molar-refractivity contribution in [2.75, 3.05) is 0 Å². The largest absolute Gasteiger partial charge is 0.467 e. The van der Waals surface area contributed by atoms with Crippen LogP contribution in [0, 0.1) is 0 Å². The Balaban J connectivity index is 1.99. The molecule has 0 unspecified atom stereocenters. The molecule has 0 aliphatic carbocycles. The number of furan rings is 1. The predicted octanol–water partition coefficient (Wildman–Crippen LogP) is 4.26. The fraction of sp³-hybridized carbons (Fsp3) is 0.222. The minimum absolute atomic E-state index is 0.128. The van der Waals surface area contributed by atoms with E-state index >= 15 is 0 Å². The van der Waals surface area contributed by atoms with E-state index in [1.807, 2.05) is 43.5 Å². The molecule has 23 heavy (non-hydrogen) atoms. The van der Waals surface area contributed by atoms with E-state index in [9.17, 15) is 4.79 Å². The van der Waals surface area contributed by atoms with Crippen molar-refractivity contribution in [1.82, 2.24) is 9.55 Å². The summed E-state index contributed by atoms with van der Waals surface area (Å²) in [6, 6.07) is 13.9. The van der Waals surface area contributed by atoms with Crippen molar-refractivity contribution in [3.05, 3.63) is 60.7 Å². The molecule has 0 bridgehead atoms. The van der Waals surface area contributed by atoms with Gasteiger partial charge in [-0.3, -0.25) is 4.79 Å². The predicted molar refractivity (Wildman–Crippen MR) is 91.5 cm³/mol. The lowest BCUT2D eigenvalue weighted by Crippen LogP contribution is -2.11. The Morgan fingerprint density at radius 3 is 2.70 bits per heavy atom.